The first-order valence-electron chi connectivity index (χ1n) is 6.38. The smallest absolute Gasteiger partial charge is 0.266 e. The van der Waals surface area contributed by atoms with Crippen molar-refractivity contribution in [2.45, 2.75) is 0 Å². The van der Waals surface area contributed by atoms with Gasteiger partial charge in [0.2, 0.25) is 0 Å². The Balaban J connectivity index is 2.00. The van der Waals surface area contributed by atoms with Crippen LogP contribution in [0.3, 0.4) is 0 Å². The van der Waals surface area contributed by atoms with E-state index >= 15 is 0 Å². The molecule has 0 atom stereocenters. The highest BCUT2D eigenvalue weighted by atomic mass is 79.9. The molecule has 0 spiro atoms. The van der Waals surface area contributed by atoms with Gasteiger partial charge < -0.3 is 0 Å². The molecule has 108 valence electrons. The molecule has 1 N–H and O–H groups in total. The van der Waals surface area contributed by atoms with Crippen LogP contribution in [-0.4, -0.2) is 22.0 Å². The Labute approximate surface area is 141 Å². The molecule has 22 heavy (non-hydrogen) atoms. The maximum atomic E-state index is 12.7. The number of carbonyl (C=O) groups is 2. The molecule has 0 saturated carbocycles. The Morgan fingerprint density at radius 1 is 1.00 bits per heavy atom. The number of carbonyl (C=O) groups excluding carboxylic acids is 2. The molecule has 0 saturated heterocycles. The van der Waals surface area contributed by atoms with E-state index in [4.69, 9.17) is 0 Å². The van der Waals surface area contributed by atoms with Crippen LogP contribution < -0.4 is 4.90 Å². The van der Waals surface area contributed by atoms with Crippen LogP contribution in [-0.2, 0) is 0 Å². The summed E-state index contributed by atoms with van der Waals surface area (Å²) >= 11 is 6.88. The van der Waals surface area contributed by atoms with Crippen LogP contribution in [0.1, 0.15) is 20.7 Å². The summed E-state index contributed by atoms with van der Waals surface area (Å²) < 4.78 is 1.44. The SMILES string of the molecule is O=C1c2ccccc2C(=O)N1c1c(Br)cc(Br)c2[nH]ncc12. The third-order valence-corrected chi connectivity index (χ3v) is 4.86. The Morgan fingerprint density at radius 2 is 1.64 bits per heavy atom. The van der Waals surface area contributed by atoms with E-state index in [1.807, 2.05) is 0 Å². The van der Waals surface area contributed by atoms with Gasteiger partial charge in [-0.25, -0.2) is 4.90 Å². The van der Waals surface area contributed by atoms with E-state index < -0.39 is 0 Å². The van der Waals surface area contributed by atoms with E-state index in [1.54, 1.807) is 36.5 Å². The average Bonchev–Trinajstić information content (AvgIpc) is 3.07. The van der Waals surface area contributed by atoms with Crippen molar-refractivity contribution in [3.63, 3.8) is 0 Å². The third-order valence-electron chi connectivity index (χ3n) is 3.63. The number of aromatic nitrogens is 2. The second kappa shape index (κ2) is 4.76. The topological polar surface area (TPSA) is 66.1 Å². The molecule has 3 aromatic rings. The first-order chi connectivity index (χ1) is 10.6. The summed E-state index contributed by atoms with van der Waals surface area (Å²) in [5.41, 5.74) is 2.06. The number of anilines is 1. The van der Waals surface area contributed by atoms with Gasteiger partial charge in [0.15, 0.2) is 0 Å². The van der Waals surface area contributed by atoms with Crippen molar-refractivity contribution in [1.29, 1.82) is 0 Å². The van der Waals surface area contributed by atoms with Crippen LogP contribution >= 0.6 is 31.9 Å². The number of H-pyrrole nitrogens is 1. The highest BCUT2D eigenvalue weighted by Gasteiger charge is 2.38. The van der Waals surface area contributed by atoms with Crippen molar-refractivity contribution in [3.8, 4) is 0 Å². The summed E-state index contributed by atoms with van der Waals surface area (Å²) in [6.07, 6.45) is 1.60. The molecule has 1 aliphatic heterocycles. The zero-order valence-electron chi connectivity index (χ0n) is 10.9. The minimum Gasteiger partial charge on any atom is -0.277 e. The van der Waals surface area contributed by atoms with Gasteiger partial charge in [-0.05, 0) is 50.1 Å². The highest BCUT2D eigenvalue weighted by molar-refractivity contribution is 9.11. The van der Waals surface area contributed by atoms with Crippen LogP contribution in [0.25, 0.3) is 10.9 Å². The molecule has 5 nitrogen and oxygen atoms in total. The number of nitrogens with one attached hydrogen (secondary N) is 1. The molecule has 0 unspecified atom stereocenters. The highest BCUT2D eigenvalue weighted by Crippen LogP contribution is 2.41. The van der Waals surface area contributed by atoms with Crippen molar-refractivity contribution in [2.24, 2.45) is 0 Å². The number of aromatic amines is 1. The van der Waals surface area contributed by atoms with Crippen molar-refractivity contribution in [3.05, 3.63) is 56.6 Å². The summed E-state index contributed by atoms with van der Waals surface area (Å²) in [7, 11) is 0. The van der Waals surface area contributed by atoms with Gasteiger partial charge in [0.1, 0.15) is 0 Å². The quantitative estimate of drug-likeness (QED) is 0.607. The third kappa shape index (κ3) is 1.72. The van der Waals surface area contributed by atoms with Gasteiger partial charge in [0, 0.05) is 14.3 Å². The van der Waals surface area contributed by atoms with Crippen molar-refractivity contribution < 1.29 is 9.59 Å². The van der Waals surface area contributed by atoms with Crippen LogP contribution in [0.2, 0.25) is 0 Å². The fourth-order valence-corrected chi connectivity index (χ4v) is 4.11. The Morgan fingerprint density at radius 3 is 2.27 bits per heavy atom. The lowest BCUT2D eigenvalue weighted by Crippen LogP contribution is -2.29. The lowest BCUT2D eigenvalue weighted by Gasteiger charge is -2.17. The van der Waals surface area contributed by atoms with Crippen LogP contribution in [0.4, 0.5) is 5.69 Å². The maximum Gasteiger partial charge on any atom is 0.266 e. The molecule has 1 aliphatic rings. The zero-order valence-corrected chi connectivity index (χ0v) is 14.1. The normalized spacial score (nSPS) is 14.0. The number of fused-ring (bicyclic) bond motifs is 2. The van der Waals surface area contributed by atoms with Gasteiger partial charge in [-0.2, -0.15) is 5.10 Å². The second-order valence-electron chi connectivity index (χ2n) is 4.84. The van der Waals surface area contributed by atoms with E-state index in [9.17, 15) is 9.59 Å². The molecule has 2 aromatic carbocycles. The minimum absolute atomic E-state index is 0.328. The van der Waals surface area contributed by atoms with E-state index in [2.05, 4.69) is 42.1 Å². The minimum atomic E-state index is -0.328. The molecule has 2 heterocycles. The van der Waals surface area contributed by atoms with Crippen LogP contribution in [0.15, 0.2) is 45.5 Å². The molecule has 0 radical (unpaired) electrons. The Hall–Kier alpha value is -1.99. The largest absolute Gasteiger partial charge is 0.277 e. The molecule has 2 amide bonds. The van der Waals surface area contributed by atoms with Gasteiger partial charge in [0.25, 0.3) is 11.8 Å². The van der Waals surface area contributed by atoms with Crippen LogP contribution in [0.5, 0.6) is 0 Å². The van der Waals surface area contributed by atoms with Gasteiger partial charge >= 0.3 is 0 Å². The molecular weight excluding hydrogens is 414 g/mol. The Kier molecular flexibility index (Phi) is 2.95. The van der Waals surface area contributed by atoms with Gasteiger partial charge in [-0.3, -0.25) is 14.7 Å². The molecule has 0 aliphatic carbocycles. The summed E-state index contributed by atoms with van der Waals surface area (Å²) in [6, 6.07) is 8.61. The molecule has 7 heteroatoms. The number of hydrogen-bond acceptors (Lipinski definition) is 3. The van der Waals surface area contributed by atoms with Crippen molar-refractivity contribution >= 4 is 60.3 Å². The molecular formula is C15H7Br2N3O2. The lowest BCUT2D eigenvalue weighted by atomic mass is 10.1. The van der Waals surface area contributed by atoms with Crippen molar-refractivity contribution in [1.82, 2.24) is 10.2 Å². The number of hydrogen-bond donors (Lipinski definition) is 1. The van der Waals surface area contributed by atoms with E-state index in [0.29, 0.717) is 26.7 Å². The van der Waals surface area contributed by atoms with E-state index in [1.165, 1.54) is 4.90 Å². The number of benzene rings is 2. The van der Waals surface area contributed by atoms with Gasteiger partial charge in [-0.15, -0.1) is 0 Å². The zero-order chi connectivity index (χ0) is 15.4. The number of halogens is 2. The van der Waals surface area contributed by atoms with Gasteiger partial charge in [0.05, 0.1) is 28.5 Å². The predicted octanol–water partition coefficient (Wildman–Crippen LogP) is 3.89. The number of imide groups is 1. The summed E-state index contributed by atoms with van der Waals surface area (Å²) in [5.74, 6) is -0.655. The molecule has 4 rings (SSSR count). The average molecular weight is 421 g/mol. The second-order valence-corrected chi connectivity index (χ2v) is 6.55. The lowest BCUT2D eigenvalue weighted by molar-refractivity contribution is 0.0926. The monoisotopic (exact) mass is 419 g/mol. The first kappa shape index (κ1) is 13.7. The standard InChI is InChI=1S/C15H7Br2N3O2/c16-10-5-11(17)13(9-6-18-19-12(9)10)20-14(21)7-3-1-2-4-8(7)15(20)22/h1-6H,(H,18,19). The maximum absolute atomic E-state index is 12.7. The van der Waals surface area contributed by atoms with E-state index in [0.717, 1.165) is 9.99 Å². The summed E-state index contributed by atoms with van der Waals surface area (Å²) in [6.45, 7) is 0. The van der Waals surface area contributed by atoms with Gasteiger partial charge in [-0.1, -0.05) is 12.1 Å². The fraction of sp³-hybridized carbons (Fsp3) is 0. The van der Waals surface area contributed by atoms with Crippen molar-refractivity contribution in [2.75, 3.05) is 4.90 Å². The Bertz CT molecular complexity index is 930. The molecule has 0 fully saturated rings. The predicted molar refractivity (Wildman–Crippen MR) is 89.1 cm³/mol. The number of amides is 2. The molecule has 0 bridgehead atoms. The fourth-order valence-electron chi connectivity index (χ4n) is 2.65. The number of rotatable bonds is 1. The summed E-state index contributed by atoms with van der Waals surface area (Å²) in [5, 5.41) is 7.56. The van der Waals surface area contributed by atoms with E-state index in [-0.39, 0.29) is 11.8 Å². The first-order valence-corrected chi connectivity index (χ1v) is 7.97. The molecule has 1 aromatic heterocycles. The summed E-state index contributed by atoms with van der Waals surface area (Å²) in [4.78, 5) is 26.5. The number of nitrogens with zero attached hydrogens (tertiary/aromatic N) is 2. The van der Waals surface area contributed by atoms with Crippen LogP contribution in [0, 0.1) is 0 Å².